The first-order valence-corrected chi connectivity index (χ1v) is 9.57. The van der Waals surface area contributed by atoms with Crippen LogP contribution < -0.4 is 5.32 Å². The summed E-state index contributed by atoms with van der Waals surface area (Å²) >= 11 is 6.19. The van der Waals surface area contributed by atoms with E-state index >= 15 is 0 Å². The molecule has 1 aliphatic carbocycles. The van der Waals surface area contributed by atoms with Gasteiger partial charge in [-0.25, -0.2) is 0 Å². The zero-order valence-corrected chi connectivity index (χ0v) is 15.8. The second kappa shape index (κ2) is 7.13. The Balaban J connectivity index is 1.54. The van der Waals surface area contributed by atoms with Crippen molar-refractivity contribution in [3.05, 3.63) is 89.8 Å². The summed E-state index contributed by atoms with van der Waals surface area (Å²) in [4.78, 5) is 0. The SMILES string of the molecule is Clc1ccc2oc3ccc(NC(C4=CC=CCC4)C4=COC=CO4)cc3c2c1. The molecule has 5 rings (SSSR count). The molecule has 0 amide bonds. The highest BCUT2D eigenvalue weighted by molar-refractivity contribution is 6.31. The van der Waals surface area contributed by atoms with Gasteiger partial charge in [0.1, 0.15) is 36.0 Å². The normalized spacial score (nSPS) is 17.0. The quantitative estimate of drug-likeness (QED) is 0.540. The van der Waals surface area contributed by atoms with E-state index in [1.54, 1.807) is 12.5 Å². The minimum absolute atomic E-state index is 0.117. The van der Waals surface area contributed by atoms with Gasteiger partial charge in [-0.1, -0.05) is 29.8 Å². The summed E-state index contributed by atoms with van der Waals surface area (Å²) < 4.78 is 17.0. The molecule has 0 bridgehead atoms. The van der Waals surface area contributed by atoms with Gasteiger partial charge in [-0.15, -0.1) is 0 Å². The highest BCUT2D eigenvalue weighted by atomic mass is 35.5. The fourth-order valence-corrected chi connectivity index (χ4v) is 3.80. The van der Waals surface area contributed by atoms with Crippen molar-refractivity contribution in [1.82, 2.24) is 0 Å². The average Bonchev–Trinajstić information content (AvgIpc) is 3.10. The van der Waals surface area contributed by atoms with E-state index < -0.39 is 0 Å². The molecule has 140 valence electrons. The summed E-state index contributed by atoms with van der Waals surface area (Å²) in [6.07, 6.45) is 13.1. The van der Waals surface area contributed by atoms with Crippen LogP contribution >= 0.6 is 11.6 Å². The number of fused-ring (bicyclic) bond motifs is 3. The van der Waals surface area contributed by atoms with Crippen molar-refractivity contribution in [2.75, 3.05) is 5.32 Å². The molecule has 5 heteroatoms. The van der Waals surface area contributed by atoms with E-state index in [1.165, 1.54) is 11.8 Å². The van der Waals surface area contributed by atoms with Crippen molar-refractivity contribution in [3.8, 4) is 0 Å². The predicted octanol–water partition coefficient (Wildman–Crippen LogP) is 6.66. The van der Waals surface area contributed by atoms with Gasteiger partial charge in [0.2, 0.25) is 0 Å². The van der Waals surface area contributed by atoms with Crippen LogP contribution in [0.4, 0.5) is 5.69 Å². The predicted molar refractivity (Wildman–Crippen MR) is 112 cm³/mol. The van der Waals surface area contributed by atoms with E-state index in [-0.39, 0.29) is 6.04 Å². The van der Waals surface area contributed by atoms with Crippen LogP contribution in [-0.2, 0) is 9.47 Å². The Kier molecular flexibility index (Phi) is 4.34. The smallest absolute Gasteiger partial charge is 0.165 e. The number of anilines is 1. The molecule has 1 aliphatic heterocycles. The molecule has 1 atom stereocenters. The van der Waals surface area contributed by atoms with Crippen molar-refractivity contribution >= 4 is 39.2 Å². The van der Waals surface area contributed by atoms with Gasteiger partial charge in [0.05, 0.1) is 0 Å². The van der Waals surface area contributed by atoms with Crippen LogP contribution in [0, 0.1) is 0 Å². The lowest BCUT2D eigenvalue weighted by Crippen LogP contribution is -2.26. The lowest BCUT2D eigenvalue weighted by molar-refractivity contribution is 0.245. The Morgan fingerprint density at radius 3 is 2.64 bits per heavy atom. The number of furan rings is 1. The van der Waals surface area contributed by atoms with E-state index in [0.29, 0.717) is 5.02 Å². The molecule has 2 heterocycles. The minimum atomic E-state index is -0.117. The minimum Gasteiger partial charge on any atom is -0.466 e. The maximum atomic E-state index is 6.19. The average molecular weight is 392 g/mol. The first-order valence-electron chi connectivity index (χ1n) is 9.19. The lowest BCUT2D eigenvalue weighted by atomic mass is 9.96. The number of nitrogens with one attached hydrogen (secondary N) is 1. The second-order valence-electron chi connectivity index (χ2n) is 6.79. The maximum absolute atomic E-state index is 6.19. The summed E-state index contributed by atoms with van der Waals surface area (Å²) in [5.41, 5.74) is 3.87. The fourth-order valence-electron chi connectivity index (χ4n) is 3.62. The highest BCUT2D eigenvalue weighted by Crippen LogP contribution is 2.34. The maximum Gasteiger partial charge on any atom is 0.165 e. The third-order valence-corrected chi connectivity index (χ3v) is 5.20. The fraction of sp³-hybridized carbons (Fsp3) is 0.130. The molecule has 1 N–H and O–H groups in total. The standard InChI is InChI=1S/C23H18ClNO3/c24-16-6-8-20-18(12-16)19-13-17(7-9-21(19)28-20)25-23(15-4-2-1-3-5-15)22-14-26-10-11-27-22/h1-2,4,6-14,23,25H,3,5H2. The molecule has 0 saturated carbocycles. The Morgan fingerprint density at radius 2 is 1.86 bits per heavy atom. The van der Waals surface area contributed by atoms with Gasteiger partial charge >= 0.3 is 0 Å². The summed E-state index contributed by atoms with van der Waals surface area (Å²) in [6.45, 7) is 0. The zero-order valence-electron chi connectivity index (χ0n) is 15.0. The molecule has 0 saturated heterocycles. The van der Waals surface area contributed by atoms with Crippen LogP contribution in [0.2, 0.25) is 5.02 Å². The van der Waals surface area contributed by atoms with E-state index in [2.05, 4.69) is 29.6 Å². The molecule has 2 aromatic carbocycles. The van der Waals surface area contributed by atoms with Gasteiger partial charge in [-0.2, -0.15) is 0 Å². The number of halogens is 1. The Hall–Kier alpha value is -3.11. The largest absolute Gasteiger partial charge is 0.466 e. The first kappa shape index (κ1) is 17.0. The van der Waals surface area contributed by atoms with Gasteiger partial charge in [0.15, 0.2) is 5.76 Å². The van der Waals surface area contributed by atoms with E-state index in [0.717, 1.165) is 46.2 Å². The first-order chi connectivity index (χ1) is 13.8. The Morgan fingerprint density at radius 1 is 1.00 bits per heavy atom. The second-order valence-corrected chi connectivity index (χ2v) is 7.22. The number of ether oxygens (including phenoxy) is 2. The molecule has 1 aromatic heterocycles. The van der Waals surface area contributed by atoms with Crippen molar-refractivity contribution in [2.45, 2.75) is 18.9 Å². The van der Waals surface area contributed by atoms with Crippen LogP contribution in [0.5, 0.6) is 0 Å². The van der Waals surface area contributed by atoms with Gasteiger partial charge in [-0.3, -0.25) is 0 Å². The third-order valence-electron chi connectivity index (χ3n) is 4.97. The Labute approximate surface area is 167 Å². The summed E-state index contributed by atoms with van der Waals surface area (Å²) in [5, 5.41) is 6.31. The number of hydrogen-bond acceptors (Lipinski definition) is 4. The monoisotopic (exact) mass is 391 g/mol. The van der Waals surface area contributed by atoms with Crippen molar-refractivity contribution in [1.29, 1.82) is 0 Å². The number of allylic oxidation sites excluding steroid dienone is 3. The Bertz CT molecular complexity index is 1170. The van der Waals surface area contributed by atoms with Gasteiger partial charge in [-0.05, 0) is 54.8 Å². The molecule has 28 heavy (non-hydrogen) atoms. The van der Waals surface area contributed by atoms with Gasteiger partial charge < -0.3 is 19.2 Å². The van der Waals surface area contributed by atoms with Crippen LogP contribution in [0.1, 0.15) is 12.8 Å². The van der Waals surface area contributed by atoms with Gasteiger partial charge in [0, 0.05) is 21.5 Å². The molecule has 2 aliphatic rings. The summed E-state index contributed by atoms with van der Waals surface area (Å²) in [6, 6.07) is 11.6. The van der Waals surface area contributed by atoms with Crippen molar-refractivity contribution < 1.29 is 13.9 Å². The van der Waals surface area contributed by atoms with E-state index in [4.69, 9.17) is 25.5 Å². The molecule has 0 spiro atoms. The van der Waals surface area contributed by atoms with E-state index in [1.807, 2.05) is 30.3 Å². The van der Waals surface area contributed by atoms with Crippen LogP contribution in [0.25, 0.3) is 21.9 Å². The number of rotatable bonds is 4. The molecular weight excluding hydrogens is 374 g/mol. The highest BCUT2D eigenvalue weighted by Gasteiger charge is 2.23. The molecule has 0 radical (unpaired) electrons. The van der Waals surface area contributed by atoms with Crippen molar-refractivity contribution in [3.63, 3.8) is 0 Å². The summed E-state index contributed by atoms with van der Waals surface area (Å²) in [5.74, 6) is 0.726. The molecule has 1 unspecified atom stereocenters. The van der Waals surface area contributed by atoms with Gasteiger partial charge in [0.25, 0.3) is 0 Å². The van der Waals surface area contributed by atoms with Crippen molar-refractivity contribution in [2.24, 2.45) is 0 Å². The number of benzene rings is 2. The van der Waals surface area contributed by atoms with Crippen LogP contribution in [0.3, 0.4) is 0 Å². The number of hydrogen-bond donors (Lipinski definition) is 1. The molecule has 4 nitrogen and oxygen atoms in total. The molecular formula is C23H18ClNO3. The lowest BCUT2D eigenvalue weighted by Gasteiger charge is -2.26. The molecule has 3 aromatic rings. The topological polar surface area (TPSA) is 43.6 Å². The molecule has 0 fully saturated rings. The third kappa shape index (κ3) is 3.16. The summed E-state index contributed by atoms with van der Waals surface area (Å²) in [7, 11) is 0. The van der Waals surface area contributed by atoms with E-state index in [9.17, 15) is 0 Å². The van der Waals surface area contributed by atoms with Crippen LogP contribution in [0.15, 0.2) is 89.2 Å². The zero-order chi connectivity index (χ0) is 18.9. The van der Waals surface area contributed by atoms with Crippen LogP contribution in [-0.4, -0.2) is 6.04 Å².